The summed E-state index contributed by atoms with van der Waals surface area (Å²) >= 11 is 0. The second kappa shape index (κ2) is 8.50. The standard InChI is InChI=1S/C29H27F2N5O/c1-4-26(37)36-16-29(17-36)10-12-35(15-29)28-18(2)27(21-8-6-20(30)14-23(21)31)22-7-5-19(13-24(22)33-28)25-9-11-32-34(25)3/h4-9,11,13-14H,1,10,12,15-17H2,2-3H3. The van der Waals surface area contributed by atoms with Crippen LogP contribution in [0.3, 0.4) is 0 Å². The van der Waals surface area contributed by atoms with E-state index in [1.165, 1.54) is 18.2 Å². The first kappa shape index (κ1) is 23.3. The molecule has 2 aliphatic rings. The zero-order chi connectivity index (χ0) is 25.9. The second-order valence-electron chi connectivity index (χ2n) is 10.2. The first-order chi connectivity index (χ1) is 17.8. The van der Waals surface area contributed by atoms with Crippen molar-refractivity contribution in [3.05, 3.63) is 78.5 Å². The first-order valence-electron chi connectivity index (χ1n) is 12.3. The van der Waals surface area contributed by atoms with Crippen molar-refractivity contribution in [3.8, 4) is 22.4 Å². The maximum absolute atomic E-state index is 15.1. The summed E-state index contributed by atoms with van der Waals surface area (Å²) < 4.78 is 30.7. The third kappa shape index (κ3) is 3.79. The van der Waals surface area contributed by atoms with Gasteiger partial charge in [0, 0.05) is 78.5 Å². The average Bonchev–Trinajstić information content (AvgIpc) is 3.50. The van der Waals surface area contributed by atoms with Gasteiger partial charge in [0.05, 0.1) is 11.2 Å². The third-order valence-electron chi connectivity index (χ3n) is 7.80. The largest absolute Gasteiger partial charge is 0.356 e. The van der Waals surface area contributed by atoms with Crippen LogP contribution in [0, 0.1) is 24.0 Å². The van der Waals surface area contributed by atoms with Gasteiger partial charge >= 0.3 is 0 Å². The Morgan fingerprint density at radius 2 is 1.92 bits per heavy atom. The fourth-order valence-corrected chi connectivity index (χ4v) is 5.93. The molecule has 2 aliphatic heterocycles. The van der Waals surface area contributed by atoms with Gasteiger partial charge in [0.2, 0.25) is 5.91 Å². The number of aromatic nitrogens is 3. The van der Waals surface area contributed by atoms with E-state index in [0.717, 1.165) is 59.1 Å². The van der Waals surface area contributed by atoms with Crippen LogP contribution in [0.5, 0.6) is 0 Å². The zero-order valence-corrected chi connectivity index (χ0v) is 20.8. The van der Waals surface area contributed by atoms with Crippen LogP contribution in [0.4, 0.5) is 14.6 Å². The number of halogens is 2. The maximum Gasteiger partial charge on any atom is 0.245 e. The Morgan fingerprint density at radius 1 is 1.11 bits per heavy atom. The van der Waals surface area contributed by atoms with Crippen LogP contribution in [-0.4, -0.2) is 51.8 Å². The summed E-state index contributed by atoms with van der Waals surface area (Å²) in [4.78, 5) is 21.2. The van der Waals surface area contributed by atoms with Crippen LogP contribution in [0.25, 0.3) is 33.3 Å². The molecule has 0 aliphatic carbocycles. The van der Waals surface area contributed by atoms with Gasteiger partial charge in [-0.05, 0) is 43.7 Å². The number of carbonyl (C=O) groups is 1. The highest BCUT2D eigenvalue weighted by molar-refractivity contribution is 6.00. The molecule has 2 aromatic heterocycles. The molecule has 2 saturated heterocycles. The van der Waals surface area contributed by atoms with Gasteiger partial charge in [0.1, 0.15) is 17.5 Å². The Bertz CT molecular complexity index is 1570. The molecule has 188 valence electrons. The number of aryl methyl sites for hydroxylation is 1. The lowest BCUT2D eigenvalue weighted by molar-refractivity contribution is -0.136. The summed E-state index contributed by atoms with van der Waals surface area (Å²) in [6, 6.07) is 11.6. The van der Waals surface area contributed by atoms with Crippen molar-refractivity contribution in [1.29, 1.82) is 0 Å². The van der Waals surface area contributed by atoms with Crippen molar-refractivity contribution in [1.82, 2.24) is 19.7 Å². The molecule has 0 unspecified atom stereocenters. The summed E-state index contributed by atoms with van der Waals surface area (Å²) in [6.45, 7) is 8.50. The summed E-state index contributed by atoms with van der Waals surface area (Å²) in [5.74, 6) is -0.464. The van der Waals surface area contributed by atoms with Crippen molar-refractivity contribution < 1.29 is 13.6 Å². The van der Waals surface area contributed by atoms with Gasteiger partial charge in [-0.25, -0.2) is 13.8 Å². The summed E-state index contributed by atoms with van der Waals surface area (Å²) in [7, 11) is 1.88. The van der Waals surface area contributed by atoms with Crippen molar-refractivity contribution in [2.45, 2.75) is 13.3 Å². The van der Waals surface area contributed by atoms with Gasteiger partial charge in [-0.15, -0.1) is 0 Å². The summed E-state index contributed by atoms with van der Waals surface area (Å²) in [5.41, 5.74) is 4.57. The number of fused-ring (bicyclic) bond motifs is 1. The van der Waals surface area contributed by atoms with Crippen molar-refractivity contribution in [2.24, 2.45) is 12.5 Å². The Morgan fingerprint density at radius 3 is 2.62 bits per heavy atom. The van der Waals surface area contributed by atoms with E-state index < -0.39 is 11.6 Å². The Kier molecular flexibility index (Phi) is 5.36. The number of anilines is 1. The van der Waals surface area contributed by atoms with Crippen molar-refractivity contribution in [3.63, 3.8) is 0 Å². The molecular formula is C29H27F2N5O. The third-order valence-corrected chi connectivity index (χ3v) is 7.80. The van der Waals surface area contributed by atoms with Gasteiger partial charge in [-0.1, -0.05) is 18.7 Å². The lowest BCUT2D eigenvalue weighted by Crippen LogP contribution is -2.59. The topological polar surface area (TPSA) is 54.3 Å². The maximum atomic E-state index is 15.1. The van der Waals surface area contributed by atoms with Crippen molar-refractivity contribution >= 4 is 22.6 Å². The molecule has 2 aromatic carbocycles. The number of nitrogens with zero attached hydrogens (tertiary/aromatic N) is 5. The Hall–Kier alpha value is -4.07. The molecule has 2 fully saturated rings. The van der Waals surface area contributed by atoms with E-state index in [1.807, 2.05) is 43.1 Å². The Labute approximate surface area is 213 Å². The van der Waals surface area contributed by atoms with Crippen LogP contribution in [0.1, 0.15) is 12.0 Å². The van der Waals surface area contributed by atoms with Gasteiger partial charge < -0.3 is 9.80 Å². The molecule has 6 nitrogen and oxygen atoms in total. The number of hydrogen-bond donors (Lipinski definition) is 0. The molecule has 1 spiro atoms. The number of benzene rings is 2. The fraction of sp³-hybridized carbons (Fsp3) is 0.276. The first-order valence-corrected chi connectivity index (χ1v) is 12.3. The van der Waals surface area contributed by atoms with Crippen LogP contribution >= 0.6 is 0 Å². The molecule has 4 heterocycles. The number of likely N-dealkylation sites (tertiary alicyclic amines) is 1. The molecule has 4 aromatic rings. The molecule has 8 heteroatoms. The van der Waals surface area contributed by atoms with Gasteiger partial charge in [0.15, 0.2) is 0 Å². The molecule has 1 amide bonds. The number of rotatable bonds is 4. The van der Waals surface area contributed by atoms with Crippen molar-refractivity contribution in [2.75, 3.05) is 31.1 Å². The number of carbonyl (C=O) groups excluding carboxylic acids is 1. The van der Waals surface area contributed by atoms with Crippen LogP contribution in [0.15, 0.2) is 61.3 Å². The van der Waals surface area contributed by atoms with Gasteiger partial charge in [-0.2, -0.15) is 5.10 Å². The highest BCUT2D eigenvalue weighted by atomic mass is 19.1. The number of hydrogen-bond acceptors (Lipinski definition) is 4. The van der Waals surface area contributed by atoms with E-state index in [1.54, 1.807) is 10.9 Å². The minimum atomic E-state index is -0.610. The Balaban J connectivity index is 1.47. The molecule has 6 rings (SSSR count). The monoisotopic (exact) mass is 499 g/mol. The molecule has 0 atom stereocenters. The molecule has 37 heavy (non-hydrogen) atoms. The SMILES string of the molecule is C=CC(=O)N1CC2(CCN(c3nc4cc(-c5ccnn5C)ccc4c(-c4ccc(F)cc4F)c3C)C2)C1. The minimum absolute atomic E-state index is 0.0274. The van der Waals surface area contributed by atoms with Crippen LogP contribution in [0.2, 0.25) is 0 Å². The van der Waals surface area contributed by atoms with E-state index >= 15 is 4.39 Å². The fourth-order valence-electron chi connectivity index (χ4n) is 5.93. The van der Waals surface area contributed by atoms with Crippen LogP contribution in [-0.2, 0) is 11.8 Å². The number of amides is 1. The van der Waals surface area contributed by atoms with Gasteiger partial charge in [0.25, 0.3) is 0 Å². The van der Waals surface area contributed by atoms with E-state index in [0.29, 0.717) is 24.2 Å². The van der Waals surface area contributed by atoms with E-state index in [2.05, 4.69) is 16.6 Å². The summed E-state index contributed by atoms with van der Waals surface area (Å²) in [5, 5.41) is 5.08. The molecule has 0 bridgehead atoms. The molecule has 0 N–H and O–H groups in total. The lowest BCUT2D eigenvalue weighted by atomic mass is 9.79. The normalized spacial score (nSPS) is 16.4. The highest BCUT2D eigenvalue weighted by Gasteiger charge is 2.49. The second-order valence-corrected chi connectivity index (χ2v) is 10.2. The lowest BCUT2D eigenvalue weighted by Gasteiger charge is -2.47. The molecular weight excluding hydrogens is 472 g/mol. The van der Waals surface area contributed by atoms with E-state index in [9.17, 15) is 9.18 Å². The average molecular weight is 500 g/mol. The zero-order valence-electron chi connectivity index (χ0n) is 20.8. The predicted molar refractivity (Wildman–Crippen MR) is 140 cm³/mol. The predicted octanol–water partition coefficient (Wildman–Crippen LogP) is 5.11. The van der Waals surface area contributed by atoms with Crippen LogP contribution < -0.4 is 4.90 Å². The minimum Gasteiger partial charge on any atom is -0.356 e. The highest BCUT2D eigenvalue weighted by Crippen LogP contribution is 2.44. The summed E-state index contributed by atoms with van der Waals surface area (Å²) in [6.07, 6.45) is 4.05. The smallest absolute Gasteiger partial charge is 0.245 e. The molecule has 0 saturated carbocycles. The van der Waals surface area contributed by atoms with E-state index in [4.69, 9.17) is 4.98 Å². The molecule has 0 radical (unpaired) electrons. The number of pyridine rings is 1. The van der Waals surface area contributed by atoms with Gasteiger partial charge in [-0.3, -0.25) is 9.48 Å². The quantitative estimate of drug-likeness (QED) is 0.366. The van der Waals surface area contributed by atoms with E-state index in [-0.39, 0.29) is 11.3 Å².